The molecule has 0 saturated carbocycles. The Bertz CT molecular complexity index is 563. The number of halogens is 1. The topological polar surface area (TPSA) is 42.4 Å². The lowest BCUT2D eigenvalue weighted by Crippen LogP contribution is -2.16. The number of nitrogens with zero attached hydrogens (tertiary/aromatic N) is 1. The van der Waals surface area contributed by atoms with Gasteiger partial charge in [0.1, 0.15) is 11.5 Å². The zero-order valence-corrected chi connectivity index (χ0v) is 13.1. The fourth-order valence-electron chi connectivity index (χ4n) is 2.00. The summed E-state index contributed by atoms with van der Waals surface area (Å²) in [7, 11) is 2.05. The van der Waals surface area contributed by atoms with Crippen molar-refractivity contribution in [1.82, 2.24) is 0 Å². The molecule has 0 fully saturated rings. The smallest absolute Gasteiger partial charge is 0.123 e. The fraction of sp³-hybridized carbons (Fsp3) is 0.333. The molecule has 2 rings (SSSR count). The maximum absolute atomic E-state index is 5.89. The third-order valence-electron chi connectivity index (χ3n) is 3.10. The Hall–Kier alpha value is -1.26. The highest BCUT2D eigenvalue weighted by Gasteiger charge is 2.10. The summed E-state index contributed by atoms with van der Waals surface area (Å²) in [5.41, 5.74) is 8.13. The lowest BCUT2D eigenvalue weighted by atomic mass is 10.1. The van der Waals surface area contributed by atoms with Crippen LogP contribution in [0, 0.1) is 6.92 Å². The molecule has 19 heavy (non-hydrogen) atoms. The van der Waals surface area contributed by atoms with Gasteiger partial charge >= 0.3 is 0 Å². The first-order valence-corrected chi connectivity index (χ1v) is 7.08. The number of furan rings is 1. The van der Waals surface area contributed by atoms with Gasteiger partial charge < -0.3 is 15.1 Å². The van der Waals surface area contributed by atoms with E-state index in [1.54, 1.807) is 0 Å². The van der Waals surface area contributed by atoms with Crippen LogP contribution in [0.3, 0.4) is 0 Å². The maximum Gasteiger partial charge on any atom is 0.123 e. The Morgan fingerprint density at radius 2 is 2.05 bits per heavy atom. The fourth-order valence-corrected chi connectivity index (χ4v) is 2.70. The van der Waals surface area contributed by atoms with Crippen LogP contribution in [-0.2, 0) is 6.54 Å². The average molecular weight is 323 g/mol. The molecule has 1 heterocycles. The van der Waals surface area contributed by atoms with Crippen LogP contribution < -0.4 is 10.6 Å². The van der Waals surface area contributed by atoms with Gasteiger partial charge in [-0.1, -0.05) is 6.07 Å². The monoisotopic (exact) mass is 322 g/mol. The Balaban J connectivity index is 2.17. The number of rotatable bonds is 4. The molecule has 2 aromatic rings. The van der Waals surface area contributed by atoms with Gasteiger partial charge in [-0.15, -0.1) is 0 Å². The van der Waals surface area contributed by atoms with E-state index < -0.39 is 0 Å². The van der Waals surface area contributed by atoms with Crippen molar-refractivity contribution in [2.24, 2.45) is 5.73 Å². The maximum atomic E-state index is 5.89. The van der Waals surface area contributed by atoms with Gasteiger partial charge in [-0.25, -0.2) is 0 Å². The van der Waals surface area contributed by atoms with E-state index >= 15 is 0 Å². The minimum absolute atomic E-state index is 0.0448. The van der Waals surface area contributed by atoms with Gasteiger partial charge in [0.05, 0.1) is 12.2 Å². The van der Waals surface area contributed by atoms with Gasteiger partial charge in [-0.05, 0) is 59.6 Å². The van der Waals surface area contributed by atoms with E-state index in [-0.39, 0.29) is 6.04 Å². The Morgan fingerprint density at radius 3 is 2.58 bits per heavy atom. The predicted octanol–water partition coefficient (Wildman–Crippen LogP) is 4.01. The quantitative estimate of drug-likeness (QED) is 0.924. The van der Waals surface area contributed by atoms with E-state index in [9.17, 15) is 0 Å². The van der Waals surface area contributed by atoms with Crippen molar-refractivity contribution >= 4 is 21.6 Å². The molecule has 1 unspecified atom stereocenters. The van der Waals surface area contributed by atoms with Crippen molar-refractivity contribution in [1.29, 1.82) is 0 Å². The molecule has 0 bridgehead atoms. The van der Waals surface area contributed by atoms with Crippen molar-refractivity contribution in [3.8, 4) is 0 Å². The number of benzene rings is 1. The third-order valence-corrected chi connectivity index (χ3v) is 3.73. The van der Waals surface area contributed by atoms with Gasteiger partial charge in [-0.3, -0.25) is 0 Å². The molecule has 0 saturated heterocycles. The van der Waals surface area contributed by atoms with Gasteiger partial charge in [-0.2, -0.15) is 0 Å². The highest BCUT2D eigenvalue weighted by atomic mass is 79.9. The molecule has 1 atom stereocenters. The summed E-state index contributed by atoms with van der Waals surface area (Å²) in [4.78, 5) is 2.15. The highest BCUT2D eigenvalue weighted by molar-refractivity contribution is 9.10. The van der Waals surface area contributed by atoms with E-state index in [0.717, 1.165) is 33.8 Å². The van der Waals surface area contributed by atoms with Crippen molar-refractivity contribution in [2.45, 2.75) is 26.4 Å². The molecule has 0 aliphatic rings. The lowest BCUT2D eigenvalue weighted by molar-refractivity contribution is 0.481. The van der Waals surface area contributed by atoms with E-state index in [2.05, 4.69) is 39.0 Å². The van der Waals surface area contributed by atoms with Gasteiger partial charge in [0.25, 0.3) is 0 Å². The van der Waals surface area contributed by atoms with Crippen molar-refractivity contribution in [3.05, 3.63) is 51.9 Å². The van der Waals surface area contributed by atoms with Crippen LogP contribution in [0.15, 0.2) is 39.2 Å². The molecule has 4 heteroatoms. The molecular formula is C15H19BrN2O. The molecule has 0 radical (unpaired) electrons. The first-order chi connectivity index (χ1) is 8.97. The second-order valence-electron chi connectivity index (χ2n) is 4.87. The number of anilines is 1. The van der Waals surface area contributed by atoms with Crippen LogP contribution in [0.2, 0.25) is 0 Å². The van der Waals surface area contributed by atoms with E-state index in [4.69, 9.17) is 10.2 Å². The Labute approximate surface area is 122 Å². The van der Waals surface area contributed by atoms with Crippen molar-refractivity contribution in [3.63, 3.8) is 0 Å². The van der Waals surface area contributed by atoms with Crippen LogP contribution in [0.25, 0.3) is 0 Å². The second-order valence-corrected chi connectivity index (χ2v) is 5.72. The molecule has 1 aromatic carbocycles. The minimum Gasteiger partial charge on any atom is -0.464 e. The third kappa shape index (κ3) is 3.39. The molecule has 1 aromatic heterocycles. The minimum atomic E-state index is 0.0448. The predicted molar refractivity (Wildman–Crippen MR) is 82.3 cm³/mol. The standard InChI is InChI=1S/C15H19BrN2O/c1-10-4-6-13(19-10)9-18(3)15-7-5-12(11(2)17)8-14(15)16/h4-8,11H,9,17H2,1-3H3. The van der Waals surface area contributed by atoms with Crippen LogP contribution in [-0.4, -0.2) is 7.05 Å². The van der Waals surface area contributed by atoms with Crippen LogP contribution in [0.1, 0.15) is 30.0 Å². The molecule has 0 aliphatic heterocycles. The summed E-state index contributed by atoms with van der Waals surface area (Å²) >= 11 is 3.61. The van der Waals surface area contributed by atoms with E-state index in [0.29, 0.717) is 0 Å². The number of hydrogen-bond acceptors (Lipinski definition) is 3. The SMILES string of the molecule is Cc1ccc(CN(C)c2ccc(C(C)N)cc2Br)o1. The van der Waals surface area contributed by atoms with Crippen molar-refractivity contribution < 1.29 is 4.42 Å². The van der Waals surface area contributed by atoms with Crippen LogP contribution >= 0.6 is 15.9 Å². The summed E-state index contributed by atoms with van der Waals surface area (Å²) in [5.74, 6) is 1.90. The molecule has 3 nitrogen and oxygen atoms in total. The van der Waals surface area contributed by atoms with Gasteiger partial charge in [0.15, 0.2) is 0 Å². The van der Waals surface area contributed by atoms with Crippen molar-refractivity contribution in [2.75, 3.05) is 11.9 Å². The zero-order valence-electron chi connectivity index (χ0n) is 11.5. The van der Waals surface area contributed by atoms with Gasteiger partial charge in [0, 0.05) is 17.6 Å². The largest absolute Gasteiger partial charge is 0.464 e. The zero-order chi connectivity index (χ0) is 14.0. The second kappa shape index (κ2) is 5.80. The first-order valence-electron chi connectivity index (χ1n) is 6.29. The Morgan fingerprint density at radius 1 is 1.32 bits per heavy atom. The summed E-state index contributed by atoms with van der Waals surface area (Å²) in [5, 5.41) is 0. The summed E-state index contributed by atoms with van der Waals surface area (Å²) in [6.45, 7) is 4.68. The molecule has 0 spiro atoms. The normalized spacial score (nSPS) is 12.5. The molecular weight excluding hydrogens is 304 g/mol. The number of hydrogen-bond donors (Lipinski definition) is 1. The molecule has 0 amide bonds. The first kappa shape index (κ1) is 14.2. The summed E-state index contributed by atoms with van der Waals surface area (Å²) in [6, 6.07) is 10.3. The van der Waals surface area contributed by atoms with E-state index in [1.807, 2.05) is 33.0 Å². The molecule has 2 N–H and O–H groups in total. The average Bonchev–Trinajstić information content (AvgIpc) is 2.74. The van der Waals surface area contributed by atoms with Crippen LogP contribution in [0.5, 0.6) is 0 Å². The number of nitrogens with two attached hydrogens (primary N) is 1. The van der Waals surface area contributed by atoms with E-state index in [1.165, 1.54) is 0 Å². The lowest BCUT2D eigenvalue weighted by Gasteiger charge is -2.20. The summed E-state index contributed by atoms with van der Waals surface area (Å²) < 4.78 is 6.65. The summed E-state index contributed by atoms with van der Waals surface area (Å²) in [6.07, 6.45) is 0. The molecule has 102 valence electrons. The highest BCUT2D eigenvalue weighted by Crippen LogP contribution is 2.29. The Kier molecular flexibility index (Phi) is 4.32. The number of aryl methyl sites for hydroxylation is 1. The van der Waals surface area contributed by atoms with Crippen LogP contribution in [0.4, 0.5) is 5.69 Å². The molecule has 0 aliphatic carbocycles. The van der Waals surface area contributed by atoms with Gasteiger partial charge in [0.2, 0.25) is 0 Å².